The van der Waals surface area contributed by atoms with Crippen molar-refractivity contribution in [2.45, 2.75) is 18.6 Å². The highest BCUT2D eigenvalue weighted by atomic mass is 19.4. The van der Waals surface area contributed by atoms with Gasteiger partial charge >= 0.3 is 6.18 Å². The fourth-order valence-corrected chi connectivity index (χ4v) is 1.23. The highest BCUT2D eigenvalue weighted by Crippen LogP contribution is 2.18. The van der Waals surface area contributed by atoms with Gasteiger partial charge in [0.05, 0.1) is 13.2 Å². The van der Waals surface area contributed by atoms with E-state index < -0.39 is 18.5 Å². The molecule has 1 amide bonds. The fraction of sp³-hybridized carbons (Fsp3) is 0.875. The Morgan fingerprint density at radius 2 is 2.27 bits per heavy atom. The first-order chi connectivity index (χ1) is 6.97. The number of hydrogen-bond donors (Lipinski definition) is 2. The molecule has 15 heavy (non-hydrogen) atoms. The predicted octanol–water partition coefficient (Wildman–Crippen LogP) is 0.0434. The summed E-state index contributed by atoms with van der Waals surface area (Å²) >= 11 is 0. The van der Waals surface area contributed by atoms with Crippen LogP contribution in [-0.2, 0) is 9.53 Å². The summed E-state index contributed by atoms with van der Waals surface area (Å²) in [5, 5.41) is 5.22. The van der Waals surface area contributed by atoms with E-state index in [0.29, 0.717) is 19.8 Å². The lowest BCUT2D eigenvalue weighted by Crippen LogP contribution is -2.48. The Bertz CT molecular complexity index is 214. The number of rotatable bonds is 3. The van der Waals surface area contributed by atoms with Crippen molar-refractivity contribution in [2.24, 2.45) is 0 Å². The Labute approximate surface area is 85.2 Å². The highest BCUT2D eigenvalue weighted by Gasteiger charge is 2.31. The van der Waals surface area contributed by atoms with Gasteiger partial charge in [-0.15, -0.1) is 0 Å². The fourth-order valence-electron chi connectivity index (χ4n) is 1.23. The molecule has 1 aliphatic rings. The molecular weight excluding hydrogens is 213 g/mol. The van der Waals surface area contributed by atoms with Crippen LogP contribution in [0, 0.1) is 0 Å². The SMILES string of the molecule is O=C(CC(F)(F)F)NCC1COCCN1. The lowest BCUT2D eigenvalue weighted by molar-refractivity contribution is -0.153. The molecule has 4 nitrogen and oxygen atoms in total. The second-order valence-corrected chi connectivity index (χ2v) is 3.32. The molecule has 1 fully saturated rings. The van der Waals surface area contributed by atoms with Gasteiger partial charge in [0.2, 0.25) is 5.91 Å². The molecule has 0 aliphatic carbocycles. The van der Waals surface area contributed by atoms with Crippen LogP contribution in [-0.4, -0.2) is 44.4 Å². The number of nitrogens with one attached hydrogen (secondary N) is 2. The van der Waals surface area contributed by atoms with Crippen molar-refractivity contribution in [2.75, 3.05) is 26.3 Å². The van der Waals surface area contributed by atoms with E-state index in [0.717, 1.165) is 0 Å². The maximum absolute atomic E-state index is 11.8. The first-order valence-corrected chi connectivity index (χ1v) is 4.62. The van der Waals surface area contributed by atoms with E-state index in [2.05, 4.69) is 10.6 Å². The maximum atomic E-state index is 11.8. The summed E-state index contributed by atoms with van der Waals surface area (Å²) in [5.41, 5.74) is 0. The van der Waals surface area contributed by atoms with Crippen LogP contribution in [0.5, 0.6) is 0 Å². The molecule has 1 saturated heterocycles. The van der Waals surface area contributed by atoms with Gasteiger partial charge in [0.25, 0.3) is 0 Å². The number of amides is 1. The summed E-state index contributed by atoms with van der Waals surface area (Å²) in [6, 6.07) is -0.101. The summed E-state index contributed by atoms with van der Waals surface area (Å²) in [7, 11) is 0. The number of halogens is 3. The van der Waals surface area contributed by atoms with Gasteiger partial charge in [-0.05, 0) is 0 Å². The Hall–Kier alpha value is -0.820. The van der Waals surface area contributed by atoms with Crippen molar-refractivity contribution in [1.82, 2.24) is 10.6 Å². The number of hydrogen-bond acceptors (Lipinski definition) is 3. The number of carbonyl (C=O) groups excluding carboxylic acids is 1. The molecule has 2 N–H and O–H groups in total. The van der Waals surface area contributed by atoms with Crippen LogP contribution in [0.4, 0.5) is 13.2 Å². The third kappa shape index (κ3) is 5.58. The molecule has 1 aliphatic heterocycles. The molecule has 0 radical (unpaired) electrons. The van der Waals surface area contributed by atoms with Gasteiger partial charge in [-0.2, -0.15) is 13.2 Å². The average Bonchev–Trinajstić information content (AvgIpc) is 2.14. The lowest BCUT2D eigenvalue weighted by Gasteiger charge is -2.24. The van der Waals surface area contributed by atoms with E-state index in [1.807, 2.05) is 0 Å². The van der Waals surface area contributed by atoms with Crippen LogP contribution in [0.25, 0.3) is 0 Å². The third-order valence-corrected chi connectivity index (χ3v) is 1.91. The van der Waals surface area contributed by atoms with Crippen LogP contribution in [0.2, 0.25) is 0 Å². The smallest absolute Gasteiger partial charge is 0.378 e. The van der Waals surface area contributed by atoms with Gasteiger partial charge in [-0.1, -0.05) is 0 Å². The third-order valence-electron chi connectivity index (χ3n) is 1.91. The van der Waals surface area contributed by atoms with Crippen molar-refractivity contribution < 1.29 is 22.7 Å². The topological polar surface area (TPSA) is 50.4 Å². The highest BCUT2D eigenvalue weighted by molar-refractivity contribution is 5.76. The minimum Gasteiger partial charge on any atom is -0.378 e. The predicted molar refractivity (Wildman–Crippen MR) is 46.3 cm³/mol. The molecule has 0 saturated carbocycles. The Balaban J connectivity index is 2.15. The van der Waals surface area contributed by atoms with E-state index in [-0.39, 0.29) is 12.6 Å². The zero-order valence-corrected chi connectivity index (χ0v) is 8.06. The van der Waals surface area contributed by atoms with Gasteiger partial charge in [-0.25, -0.2) is 0 Å². The molecule has 1 unspecified atom stereocenters. The maximum Gasteiger partial charge on any atom is 0.397 e. The van der Waals surface area contributed by atoms with E-state index in [1.54, 1.807) is 0 Å². The largest absolute Gasteiger partial charge is 0.397 e. The standard InChI is InChI=1S/C8H13F3N2O2/c9-8(10,11)3-7(14)13-4-6-5-15-2-1-12-6/h6,12H,1-5H2,(H,13,14). The van der Waals surface area contributed by atoms with Crippen molar-refractivity contribution in [1.29, 1.82) is 0 Å². The quantitative estimate of drug-likeness (QED) is 0.714. The number of alkyl halides is 3. The van der Waals surface area contributed by atoms with Gasteiger partial charge in [0, 0.05) is 19.1 Å². The molecule has 7 heteroatoms. The zero-order valence-electron chi connectivity index (χ0n) is 8.06. The molecule has 1 heterocycles. The molecule has 1 rings (SSSR count). The Morgan fingerprint density at radius 1 is 1.53 bits per heavy atom. The zero-order chi connectivity index (χ0) is 11.3. The van der Waals surface area contributed by atoms with Gasteiger partial charge in [0.1, 0.15) is 6.42 Å². The van der Waals surface area contributed by atoms with E-state index in [1.165, 1.54) is 0 Å². The molecule has 88 valence electrons. The first kappa shape index (κ1) is 12.3. The lowest BCUT2D eigenvalue weighted by atomic mass is 10.2. The second kappa shape index (κ2) is 5.32. The second-order valence-electron chi connectivity index (χ2n) is 3.32. The van der Waals surface area contributed by atoms with Gasteiger partial charge < -0.3 is 15.4 Å². The van der Waals surface area contributed by atoms with Crippen LogP contribution in [0.1, 0.15) is 6.42 Å². The molecule has 0 aromatic rings. The summed E-state index contributed by atoms with van der Waals surface area (Å²) in [5.74, 6) is -1.00. The van der Waals surface area contributed by atoms with Gasteiger partial charge in [0.15, 0.2) is 0 Å². The van der Waals surface area contributed by atoms with Crippen LogP contribution < -0.4 is 10.6 Å². The van der Waals surface area contributed by atoms with E-state index in [9.17, 15) is 18.0 Å². The average molecular weight is 226 g/mol. The van der Waals surface area contributed by atoms with Crippen LogP contribution in [0.15, 0.2) is 0 Å². The van der Waals surface area contributed by atoms with Crippen LogP contribution in [0.3, 0.4) is 0 Å². The van der Waals surface area contributed by atoms with E-state index in [4.69, 9.17) is 4.74 Å². The van der Waals surface area contributed by atoms with Gasteiger partial charge in [-0.3, -0.25) is 4.79 Å². The Kier molecular flexibility index (Phi) is 4.34. The van der Waals surface area contributed by atoms with E-state index >= 15 is 0 Å². The summed E-state index contributed by atoms with van der Waals surface area (Å²) < 4.78 is 40.4. The van der Waals surface area contributed by atoms with Crippen molar-refractivity contribution >= 4 is 5.91 Å². The molecule has 0 bridgehead atoms. The first-order valence-electron chi connectivity index (χ1n) is 4.62. The molecule has 0 aromatic carbocycles. The summed E-state index contributed by atoms with van der Waals surface area (Å²) in [6.07, 6.45) is -5.87. The van der Waals surface area contributed by atoms with Crippen molar-refractivity contribution in [3.05, 3.63) is 0 Å². The monoisotopic (exact) mass is 226 g/mol. The summed E-state index contributed by atoms with van der Waals surface area (Å²) in [6.45, 7) is 1.81. The Morgan fingerprint density at radius 3 is 2.80 bits per heavy atom. The minimum absolute atomic E-state index is 0.101. The van der Waals surface area contributed by atoms with Crippen LogP contribution >= 0.6 is 0 Å². The van der Waals surface area contributed by atoms with Crippen molar-refractivity contribution in [3.63, 3.8) is 0 Å². The molecule has 0 spiro atoms. The minimum atomic E-state index is -4.44. The molecule has 1 atom stereocenters. The normalized spacial score (nSPS) is 22.5. The number of ether oxygens (including phenoxy) is 1. The molecular formula is C8H13F3N2O2. The van der Waals surface area contributed by atoms with Crippen molar-refractivity contribution in [3.8, 4) is 0 Å². The number of morpholine rings is 1. The number of carbonyl (C=O) groups is 1. The molecule has 0 aromatic heterocycles. The summed E-state index contributed by atoms with van der Waals surface area (Å²) in [4.78, 5) is 10.8.